The average Bonchev–Trinajstić information content (AvgIpc) is 3.21. The van der Waals surface area contributed by atoms with Crippen LogP contribution in [0.5, 0.6) is 0 Å². The molecular weight excluding hydrogens is 434 g/mol. The van der Waals surface area contributed by atoms with Crippen molar-refractivity contribution < 1.29 is 4.79 Å². The number of nitrogens with zero attached hydrogens (tertiary/aromatic N) is 2. The Balaban J connectivity index is 1.59. The van der Waals surface area contributed by atoms with E-state index in [0.29, 0.717) is 15.8 Å². The molecule has 1 amide bonds. The second kappa shape index (κ2) is 6.87. The van der Waals surface area contributed by atoms with Gasteiger partial charge >= 0.3 is 0 Å². The number of fused-ring (bicyclic) bond motifs is 1. The lowest BCUT2D eigenvalue weighted by molar-refractivity contribution is 0.101. The first kappa shape index (κ1) is 17.3. The van der Waals surface area contributed by atoms with Crippen LogP contribution >= 0.6 is 38.9 Å². The van der Waals surface area contributed by atoms with Gasteiger partial charge in [0.15, 0.2) is 5.13 Å². The van der Waals surface area contributed by atoms with Crippen LogP contribution in [0.1, 0.15) is 10.5 Å². The van der Waals surface area contributed by atoms with Gasteiger partial charge in [-0.1, -0.05) is 45.7 Å². The number of nitrogens with one attached hydrogen (secondary N) is 1. The highest BCUT2D eigenvalue weighted by Crippen LogP contribution is 2.27. The molecule has 7 heteroatoms. The van der Waals surface area contributed by atoms with Crippen LogP contribution in [0.25, 0.3) is 22.2 Å². The van der Waals surface area contributed by atoms with Crippen LogP contribution in [0, 0.1) is 0 Å². The quantitative estimate of drug-likeness (QED) is 0.421. The van der Waals surface area contributed by atoms with E-state index in [2.05, 4.69) is 26.2 Å². The van der Waals surface area contributed by atoms with Crippen molar-refractivity contribution in [2.24, 2.45) is 7.05 Å². The molecule has 4 rings (SSSR count). The Morgan fingerprint density at radius 1 is 1.19 bits per heavy atom. The molecule has 0 unspecified atom stereocenters. The first-order valence-corrected chi connectivity index (χ1v) is 9.84. The average molecular weight is 447 g/mol. The van der Waals surface area contributed by atoms with E-state index in [1.165, 1.54) is 11.3 Å². The van der Waals surface area contributed by atoms with E-state index in [1.807, 2.05) is 65.5 Å². The van der Waals surface area contributed by atoms with E-state index < -0.39 is 0 Å². The number of halogens is 2. The van der Waals surface area contributed by atoms with Crippen molar-refractivity contribution in [3.05, 3.63) is 69.1 Å². The highest BCUT2D eigenvalue weighted by molar-refractivity contribution is 9.10. The summed E-state index contributed by atoms with van der Waals surface area (Å²) in [6.45, 7) is 0. The number of rotatable bonds is 3. The lowest BCUT2D eigenvalue weighted by Crippen LogP contribution is -2.15. The summed E-state index contributed by atoms with van der Waals surface area (Å²) >= 11 is 10.9. The summed E-state index contributed by atoms with van der Waals surface area (Å²) in [5.41, 5.74) is 3.31. The Morgan fingerprint density at radius 2 is 1.96 bits per heavy atom. The predicted octanol–water partition coefficient (Wildman–Crippen LogP) is 5.97. The lowest BCUT2D eigenvalue weighted by atomic mass is 10.2. The molecular formula is C19H13BrClN3OS. The minimum absolute atomic E-state index is 0.198. The molecule has 4 nitrogen and oxygen atoms in total. The van der Waals surface area contributed by atoms with Crippen molar-refractivity contribution in [3.8, 4) is 11.3 Å². The highest BCUT2D eigenvalue weighted by atomic mass is 79.9. The Labute approximate surface area is 167 Å². The molecule has 0 saturated heterocycles. The van der Waals surface area contributed by atoms with Gasteiger partial charge in [-0.25, -0.2) is 4.98 Å². The second-order valence-corrected chi connectivity index (χ2v) is 8.00. The second-order valence-electron chi connectivity index (χ2n) is 5.79. The largest absolute Gasteiger partial charge is 0.340 e. The fraction of sp³-hybridized carbons (Fsp3) is 0.0526. The highest BCUT2D eigenvalue weighted by Gasteiger charge is 2.15. The minimum Gasteiger partial charge on any atom is -0.340 e. The number of aryl methyl sites for hydroxylation is 1. The standard InChI is InChI=1S/C19H13BrClN3OS/c1-24-16-9-14(21)7-4-12(16)8-17(24)18(25)23-19-22-15(10-26-19)11-2-5-13(20)6-3-11/h2-10H,1H3,(H,22,23,25). The maximum absolute atomic E-state index is 12.7. The van der Waals surface area contributed by atoms with E-state index in [4.69, 9.17) is 11.6 Å². The fourth-order valence-corrected chi connectivity index (χ4v) is 3.91. The Kier molecular flexibility index (Phi) is 4.56. The van der Waals surface area contributed by atoms with Crippen LogP contribution in [0.3, 0.4) is 0 Å². The van der Waals surface area contributed by atoms with Gasteiger partial charge in [0.1, 0.15) is 5.69 Å². The number of aromatic nitrogens is 2. The van der Waals surface area contributed by atoms with Crippen molar-refractivity contribution in [1.82, 2.24) is 9.55 Å². The van der Waals surface area contributed by atoms with Crippen LogP contribution in [-0.2, 0) is 7.05 Å². The van der Waals surface area contributed by atoms with Crippen molar-refractivity contribution in [1.29, 1.82) is 0 Å². The molecule has 0 aliphatic carbocycles. The topological polar surface area (TPSA) is 46.9 Å². The number of amides is 1. The zero-order valence-electron chi connectivity index (χ0n) is 13.7. The molecule has 26 heavy (non-hydrogen) atoms. The molecule has 2 aromatic heterocycles. The third-order valence-electron chi connectivity index (χ3n) is 4.10. The number of hydrogen-bond donors (Lipinski definition) is 1. The number of anilines is 1. The van der Waals surface area contributed by atoms with Crippen LogP contribution < -0.4 is 5.32 Å². The monoisotopic (exact) mass is 445 g/mol. The Morgan fingerprint density at radius 3 is 2.73 bits per heavy atom. The normalized spacial score (nSPS) is 11.0. The zero-order valence-corrected chi connectivity index (χ0v) is 16.8. The molecule has 0 aliphatic rings. The van der Waals surface area contributed by atoms with E-state index >= 15 is 0 Å². The molecule has 2 heterocycles. The van der Waals surface area contributed by atoms with E-state index in [1.54, 1.807) is 0 Å². The van der Waals surface area contributed by atoms with Crippen molar-refractivity contribution >= 4 is 60.8 Å². The Hall–Kier alpha value is -2.15. The molecule has 2 aromatic carbocycles. The molecule has 0 radical (unpaired) electrons. The van der Waals surface area contributed by atoms with Gasteiger partial charge in [0.05, 0.1) is 5.69 Å². The van der Waals surface area contributed by atoms with Crippen LogP contribution in [-0.4, -0.2) is 15.5 Å². The first-order chi connectivity index (χ1) is 12.5. The fourth-order valence-electron chi connectivity index (χ4n) is 2.77. The third kappa shape index (κ3) is 3.28. The van der Waals surface area contributed by atoms with Gasteiger partial charge in [0.25, 0.3) is 5.91 Å². The Bertz CT molecular complexity index is 1120. The third-order valence-corrected chi connectivity index (χ3v) is 5.63. The number of hydrogen-bond acceptors (Lipinski definition) is 3. The van der Waals surface area contributed by atoms with Gasteiger partial charge in [0, 0.05) is 38.4 Å². The molecule has 4 aromatic rings. The van der Waals surface area contributed by atoms with Gasteiger partial charge in [-0.15, -0.1) is 11.3 Å². The summed E-state index contributed by atoms with van der Waals surface area (Å²) in [4.78, 5) is 17.2. The number of thiazole rings is 1. The minimum atomic E-state index is -0.198. The number of carbonyl (C=O) groups is 1. The zero-order chi connectivity index (χ0) is 18.3. The van der Waals surface area contributed by atoms with Crippen molar-refractivity contribution in [3.63, 3.8) is 0 Å². The summed E-state index contributed by atoms with van der Waals surface area (Å²) < 4.78 is 2.85. The molecule has 0 bridgehead atoms. The van der Waals surface area contributed by atoms with Crippen molar-refractivity contribution in [2.75, 3.05) is 5.32 Å². The number of benzene rings is 2. The summed E-state index contributed by atoms with van der Waals surface area (Å²) in [7, 11) is 1.85. The maximum Gasteiger partial charge on any atom is 0.274 e. The van der Waals surface area contributed by atoms with Crippen molar-refractivity contribution in [2.45, 2.75) is 0 Å². The summed E-state index contributed by atoms with van der Waals surface area (Å²) in [6.07, 6.45) is 0. The van der Waals surface area contributed by atoms with E-state index in [-0.39, 0.29) is 5.91 Å². The van der Waals surface area contributed by atoms with Gasteiger partial charge in [-0.2, -0.15) is 0 Å². The molecule has 1 N–H and O–H groups in total. The smallest absolute Gasteiger partial charge is 0.274 e. The molecule has 0 fully saturated rings. The lowest BCUT2D eigenvalue weighted by Gasteiger charge is -2.04. The predicted molar refractivity (Wildman–Crippen MR) is 111 cm³/mol. The van der Waals surface area contributed by atoms with Crippen LogP contribution in [0.4, 0.5) is 5.13 Å². The first-order valence-electron chi connectivity index (χ1n) is 7.79. The SMILES string of the molecule is Cn1c(C(=O)Nc2nc(-c3ccc(Br)cc3)cs2)cc2ccc(Cl)cc21. The maximum atomic E-state index is 12.7. The van der Waals surface area contributed by atoms with Gasteiger partial charge < -0.3 is 4.57 Å². The molecule has 0 atom stereocenters. The summed E-state index contributed by atoms with van der Waals surface area (Å²) in [6, 6.07) is 15.3. The summed E-state index contributed by atoms with van der Waals surface area (Å²) in [5, 5.41) is 6.99. The van der Waals surface area contributed by atoms with Gasteiger partial charge in [0.2, 0.25) is 0 Å². The van der Waals surface area contributed by atoms with Crippen LogP contribution in [0.15, 0.2) is 58.4 Å². The molecule has 130 valence electrons. The molecule has 0 spiro atoms. The van der Waals surface area contributed by atoms with Gasteiger partial charge in [-0.05, 0) is 30.3 Å². The van der Waals surface area contributed by atoms with E-state index in [9.17, 15) is 4.79 Å². The summed E-state index contributed by atoms with van der Waals surface area (Å²) in [5.74, 6) is -0.198. The molecule has 0 saturated carbocycles. The van der Waals surface area contributed by atoms with Gasteiger partial charge in [-0.3, -0.25) is 10.1 Å². The molecule has 0 aliphatic heterocycles. The van der Waals surface area contributed by atoms with E-state index in [0.717, 1.165) is 26.6 Å². The number of carbonyl (C=O) groups excluding carboxylic acids is 1. The van der Waals surface area contributed by atoms with Crippen LogP contribution in [0.2, 0.25) is 5.02 Å².